The summed E-state index contributed by atoms with van der Waals surface area (Å²) in [6, 6.07) is 64.8. The molecule has 0 spiro atoms. The minimum Gasteiger partial charge on any atom is -0.615 e. The number of methoxy groups -OCH3 is 1. The van der Waals surface area contributed by atoms with Crippen molar-refractivity contribution < 1.29 is 33.2 Å². The molecular weight excluding hydrogens is 990 g/mol. The van der Waals surface area contributed by atoms with Gasteiger partial charge in [0.15, 0.2) is 16.9 Å². The third-order valence-electron chi connectivity index (χ3n) is 13.5. The number of ether oxygens (including phenoxy) is 2. The van der Waals surface area contributed by atoms with Crippen LogP contribution >= 0.6 is 22.9 Å². The zero-order valence-corrected chi connectivity index (χ0v) is 42.5. The largest absolute Gasteiger partial charge is 0.615 e. The van der Waals surface area contributed by atoms with Gasteiger partial charge in [0, 0.05) is 34.5 Å². The molecule has 2 N–H and O–H groups in total. The van der Waals surface area contributed by atoms with E-state index in [9.17, 15) is 14.1 Å². The third kappa shape index (κ3) is 9.53. The number of alkyl halides is 1. The van der Waals surface area contributed by atoms with E-state index in [1.807, 2.05) is 146 Å². The number of fused-ring (bicyclic) bond motifs is 1. The summed E-state index contributed by atoms with van der Waals surface area (Å²) in [5, 5.41) is 12.6. The van der Waals surface area contributed by atoms with Crippen LogP contribution in [-0.2, 0) is 52.9 Å². The van der Waals surface area contributed by atoms with Crippen molar-refractivity contribution in [3.63, 3.8) is 0 Å². The highest BCUT2D eigenvalue weighted by atomic mass is 35.5. The number of β-lactam (4-membered cyclic amide) rings is 1. The van der Waals surface area contributed by atoms with Crippen LogP contribution in [0.25, 0.3) is 0 Å². The van der Waals surface area contributed by atoms with Crippen molar-refractivity contribution in [2.75, 3.05) is 30.6 Å². The summed E-state index contributed by atoms with van der Waals surface area (Å²) in [5.74, 6) is -1.80. The molecule has 7 aromatic carbocycles. The Kier molecular flexibility index (Phi) is 14.6. The Morgan fingerprint density at radius 2 is 1.22 bits per heavy atom. The summed E-state index contributed by atoms with van der Waals surface area (Å²) in [7, 11) is 1.56. The first-order valence-electron chi connectivity index (χ1n) is 23.9. The van der Waals surface area contributed by atoms with Crippen LogP contribution in [0.4, 0.5) is 5.13 Å². The van der Waals surface area contributed by atoms with E-state index in [1.54, 1.807) is 36.8 Å². The van der Waals surface area contributed by atoms with Crippen molar-refractivity contribution in [2.24, 2.45) is 10.6 Å². The molecule has 2 fully saturated rings. The maximum Gasteiger partial charge on any atom is 0.320 e. The summed E-state index contributed by atoms with van der Waals surface area (Å²) < 4.78 is 25.2. The van der Waals surface area contributed by atoms with E-state index >= 15 is 4.79 Å². The predicted molar refractivity (Wildman–Crippen MR) is 288 cm³/mol. The number of rotatable bonds is 18. The fraction of sp³-hybridized carbons (Fsp3) is 0.169. The van der Waals surface area contributed by atoms with Gasteiger partial charge < -0.3 is 29.5 Å². The second-order valence-electron chi connectivity index (χ2n) is 18.0. The van der Waals surface area contributed by atoms with Gasteiger partial charge >= 0.3 is 5.97 Å². The number of carbonyl (C=O) groups is 3. The van der Waals surface area contributed by atoms with E-state index in [0.29, 0.717) is 16.4 Å². The van der Waals surface area contributed by atoms with E-state index in [0.717, 1.165) is 33.4 Å². The molecule has 12 nitrogen and oxygen atoms in total. The topological polar surface area (TPSA) is 155 Å². The molecule has 0 aliphatic carbocycles. The first kappa shape index (κ1) is 49.8. The number of thiazole rings is 1. The number of aromatic nitrogens is 1. The average molecular weight is 1040 g/mol. The summed E-state index contributed by atoms with van der Waals surface area (Å²) >= 11 is 5.90. The first-order valence-corrected chi connectivity index (χ1v) is 26.7. The smallest absolute Gasteiger partial charge is 0.320 e. The lowest BCUT2D eigenvalue weighted by Gasteiger charge is -2.53. The van der Waals surface area contributed by atoms with Crippen LogP contribution < -0.4 is 15.4 Å². The van der Waals surface area contributed by atoms with Crippen LogP contribution in [0.5, 0.6) is 5.75 Å². The van der Waals surface area contributed by atoms with Gasteiger partial charge in [-0.3, -0.25) is 19.3 Å². The number of carbonyl (C=O) groups excluding carboxylic acids is 3. The van der Waals surface area contributed by atoms with Gasteiger partial charge in [-0.25, -0.2) is 4.98 Å². The van der Waals surface area contributed by atoms with Crippen molar-refractivity contribution in [3.05, 3.63) is 256 Å². The Morgan fingerprint density at radius 1 is 0.743 bits per heavy atom. The second kappa shape index (κ2) is 21.8. The molecule has 8 aromatic rings. The van der Waals surface area contributed by atoms with Crippen molar-refractivity contribution in [2.45, 2.75) is 29.2 Å². The first-order chi connectivity index (χ1) is 36.2. The van der Waals surface area contributed by atoms with Gasteiger partial charge in [0.2, 0.25) is 11.0 Å². The summed E-state index contributed by atoms with van der Waals surface area (Å²) in [6.07, 6.45) is 0. The number of esters is 1. The number of halogens is 1. The fourth-order valence-corrected chi connectivity index (χ4v) is 12.8. The highest BCUT2D eigenvalue weighted by Gasteiger charge is 2.64. The number of benzene rings is 7. The van der Waals surface area contributed by atoms with Gasteiger partial charge in [-0.05, 0) is 45.6 Å². The van der Waals surface area contributed by atoms with E-state index in [2.05, 4.69) is 47.0 Å². The molecule has 2 aliphatic rings. The number of hydrogen-bond donors (Lipinski definition) is 2. The molecule has 372 valence electrons. The molecule has 2 amide bonds. The third-order valence-corrected chi connectivity index (χ3v) is 16.7. The Hall–Kier alpha value is -7.75. The molecule has 4 atom stereocenters. The molecular formula is C59H50ClN5O7S2. The highest BCUT2D eigenvalue weighted by Crippen LogP contribution is 2.44. The van der Waals surface area contributed by atoms with Crippen molar-refractivity contribution >= 4 is 62.7 Å². The standard InChI is InChI=1S/C59H50ClN5O7S2/c1-70-48-34-32-41(33-35-48)36-71-55(68)57(38-60)39-65-53(67)51(54(65)74(69)40-57)62-52(66)50(64-72-59(45-26-14-5-15-27-45,46-28-16-6-17-29-46)47-30-18-7-19-31-47)49-37-73-56(61-49)63-58(42-20-8-2-9-21-42,43-22-10-3-11-23-43)44-24-12-4-13-25-44/h2-35,37,51,54H,36,38-40H2,1H3,(H,61,63)(H,62,66)/t51?,54-,57?,74?/m1/s1. The Labute approximate surface area is 441 Å². The molecule has 2 aliphatic heterocycles. The van der Waals surface area contributed by atoms with Gasteiger partial charge in [0.1, 0.15) is 34.8 Å². The van der Waals surface area contributed by atoms with Crippen LogP contribution in [0.1, 0.15) is 44.6 Å². The van der Waals surface area contributed by atoms with Crippen molar-refractivity contribution in [1.29, 1.82) is 0 Å². The Balaban J connectivity index is 1.02. The maximum atomic E-state index is 15.2. The lowest BCUT2D eigenvalue weighted by Crippen LogP contribution is -2.78. The van der Waals surface area contributed by atoms with E-state index in [1.165, 1.54) is 16.2 Å². The molecule has 0 radical (unpaired) electrons. The molecule has 0 saturated carbocycles. The molecule has 2 saturated heterocycles. The van der Waals surface area contributed by atoms with Crippen molar-refractivity contribution in [1.82, 2.24) is 15.2 Å². The zero-order valence-electron chi connectivity index (χ0n) is 40.1. The summed E-state index contributed by atoms with van der Waals surface area (Å²) in [6.45, 7) is -0.210. The van der Waals surface area contributed by atoms with Crippen LogP contribution in [-0.4, -0.2) is 74.6 Å². The lowest BCUT2D eigenvalue weighted by atomic mass is 9.77. The van der Waals surface area contributed by atoms with Crippen molar-refractivity contribution in [3.8, 4) is 5.75 Å². The second-order valence-corrected chi connectivity index (χ2v) is 20.7. The Morgan fingerprint density at radius 3 is 1.68 bits per heavy atom. The minimum atomic E-state index is -1.86. The molecule has 0 bridgehead atoms. The molecule has 10 rings (SSSR count). The summed E-state index contributed by atoms with van der Waals surface area (Å²) in [5.41, 5.74) is 1.84. The quantitative estimate of drug-likeness (QED) is 0.0163. The van der Waals surface area contributed by atoms with Gasteiger partial charge in [0.05, 0.1) is 7.11 Å². The normalized spacial score (nSPS) is 18.6. The van der Waals surface area contributed by atoms with Crippen LogP contribution in [0, 0.1) is 5.41 Å². The van der Waals surface area contributed by atoms with E-state index in [4.69, 9.17) is 36.1 Å². The van der Waals surface area contributed by atoms with Crippen LogP contribution in [0.3, 0.4) is 0 Å². The average Bonchev–Trinajstić information content (AvgIpc) is 3.93. The van der Waals surface area contributed by atoms with Crippen LogP contribution in [0.15, 0.2) is 217 Å². The zero-order chi connectivity index (χ0) is 51.1. The number of nitrogens with one attached hydrogen (secondary N) is 2. The molecule has 74 heavy (non-hydrogen) atoms. The summed E-state index contributed by atoms with van der Waals surface area (Å²) in [4.78, 5) is 56.5. The van der Waals surface area contributed by atoms with E-state index in [-0.39, 0.29) is 36.2 Å². The fourth-order valence-electron chi connectivity index (χ4n) is 9.72. The van der Waals surface area contributed by atoms with Crippen LogP contribution in [0.2, 0.25) is 0 Å². The lowest BCUT2D eigenvalue weighted by molar-refractivity contribution is -0.162. The molecule has 3 unspecified atom stereocenters. The molecule has 15 heteroatoms. The van der Waals surface area contributed by atoms with Gasteiger partial charge in [-0.15, -0.1) is 22.9 Å². The number of anilines is 1. The minimum absolute atomic E-state index is 0.0615. The predicted octanol–water partition coefficient (Wildman–Crippen LogP) is 9.65. The van der Waals surface area contributed by atoms with Gasteiger partial charge in [0.25, 0.3) is 11.8 Å². The van der Waals surface area contributed by atoms with Gasteiger partial charge in [-0.2, -0.15) is 0 Å². The monoisotopic (exact) mass is 1040 g/mol. The number of amides is 2. The molecule has 3 heterocycles. The van der Waals surface area contributed by atoms with E-state index < -0.39 is 56.9 Å². The molecule has 1 aromatic heterocycles. The highest BCUT2D eigenvalue weighted by molar-refractivity contribution is 7.92. The SMILES string of the molecule is COc1ccc(COC(=O)C2(CCl)CN3C(=O)C(NC(=O)C(=NOC(c4ccccc4)(c4ccccc4)c4ccccc4)c4csc(NC(c5ccccc5)(c5ccccc5)c5ccccc5)n4)[C@H]3[S+]([O-])C2)cc1. The number of oxime groups is 1. The number of hydrogen-bond acceptors (Lipinski definition) is 11. The Bertz CT molecular complexity index is 3040. The number of nitrogens with zero attached hydrogens (tertiary/aromatic N) is 3. The maximum absolute atomic E-state index is 15.2. The van der Waals surface area contributed by atoms with Gasteiger partial charge in [-0.1, -0.05) is 199 Å².